The molecule has 28 heavy (non-hydrogen) atoms. The highest BCUT2D eigenvalue weighted by atomic mass is 16.5. The normalized spacial score (nSPS) is 13.1. The van der Waals surface area contributed by atoms with E-state index in [4.69, 9.17) is 14.6 Å². The molecule has 3 aromatic rings. The van der Waals surface area contributed by atoms with Crippen LogP contribution >= 0.6 is 0 Å². The van der Waals surface area contributed by atoms with Crippen molar-refractivity contribution >= 4 is 5.97 Å². The first kappa shape index (κ1) is 18.1. The van der Waals surface area contributed by atoms with Crippen LogP contribution in [0.4, 0.5) is 0 Å². The van der Waals surface area contributed by atoms with E-state index in [1.165, 1.54) is 12.8 Å². The predicted molar refractivity (Wildman–Crippen MR) is 108 cm³/mol. The van der Waals surface area contributed by atoms with Crippen LogP contribution in [0.2, 0.25) is 0 Å². The van der Waals surface area contributed by atoms with Crippen molar-refractivity contribution < 1.29 is 19.4 Å². The molecule has 142 valence electrons. The third kappa shape index (κ3) is 4.71. The summed E-state index contributed by atoms with van der Waals surface area (Å²) in [5, 5.41) is 8.96. The highest BCUT2D eigenvalue weighted by Crippen LogP contribution is 2.30. The van der Waals surface area contributed by atoms with Gasteiger partial charge >= 0.3 is 5.97 Å². The van der Waals surface area contributed by atoms with E-state index < -0.39 is 5.97 Å². The number of rotatable bonds is 8. The molecule has 1 aliphatic carbocycles. The summed E-state index contributed by atoms with van der Waals surface area (Å²) in [4.78, 5) is 10.9. The Balaban J connectivity index is 1.38. The standard InChI is InChI=1S/C24H22O4/c25-24(26)20-8-6-18(7-9-20)16-28-23-3-1-2-21(14-23)19-10-12-22(13-11-19)27-15-17-4-5-17/h1-3,6-14,17H,4-5,15-16H2,(H,25,26). The highest BCUT2D eigenvalue weighted by Gasteiger charge is 2.21. The number of benzene rings is 3. The Kier molecular flexibility index (Phi) is 5.29. The van der Waals surface area contributed by atoms with E-state index in [9.17, 15) is 4.79 Å². The van der Waals surface area contributed by atoms with Crippen LogP contribution in [0, 0.1) is 5.92 Å². The van der Waals surface area contributed by atoms with Crippen molar-refractivity contribution in [1.82, 2.24) is 0 Å². The van der Waals surface area contributed by atoms with Gasteiger partial charge in [0.15, 0.2) is 0 Å². The Morgan fingerprint density at radius 3 is 2.29 bits per heavy atom. The van der Waals surface area contributed by atoms with E-state index in [-0.39, 0.29) is 5.56 Å². The largest absolute Gasteiger partial charge is 0.493 e. The van der Waals surface area contributed by atoms with Crippen molar-refractivity contribution in [2.24, 2.45) is 5.92 Å². The molecule has 1 aliphatic rings. The van der Waals surface area contributed by atoms with Gasteiger partial charge in [0.25, 0.3) is 0 Å². The molecular weight excluding hydrogens is 352 g/mol. The van der Waals surface area contributed by atoms with Crippen LogP contribution in [0.3, 0.4) is 0 Å². The molecule has 0 aromatic heterocycles. The molecule has 1 saturated carbocycles. The average molecular weight is 374 g/mol. The van der Waals surface area contributed by atoms with Gasteiger partial charge in [-0.05, 0) is 71.8 Å². The zero-order chi connectivity index (χ0) is 19.3. The summed E-state index contributed by atoms with van der Waals surface area (Å²) in [5.41, 5.74) is 3.38. The first-order valence-electron chi connectivity index (χ1n) is 9.46. The van der Waals surface area contributed by atoms with Crippen LogP contribution < -0.4 is 9.47 Å². The topological polar surface area (TPSA) is 55.8 Å². The van der Waals surface area contributed by atoms with E-state index in [0.717, 1.165) is 40.7 Å². The first-order valence-corrected chi connectivity index (χ1v) is 9.46. The molecule has 1 fully saturated rings. The molecule has 0 amide bonds. The van der Waals surface area contributed by atoms with Gasteiger partial charge in [-0.1, -0.05) is 36.4 Å². The maximum Gasteiger partial charge on any atom is 0.335 e. The van der Waals surface area contributed by atoms with Gasteiger partial charge in [0.05, 0.1) is 12.2 Å². The third-order valence-corrected chi connectivity index (χ3v) is 4.81. The number of carbonyl (C=O) groups is 1. The Morgan fingerprint density at radius 2 is 1.61 bits per heavy atom. The van der Waals surface area contributed by atoms with Crippen LogP contribution in [0.25, 0.3) is 11.1 Å². The van der Waals surface area contributed by atoms with Crippen molar-refractivity contribution in [3.63, 3.8) is 0 Å². The quantitative estimate of drug-likeness (QED) is 0.572. The molecule has 0 unspecified atom stereocenters. The predicted octanol–water partition coefficient (Wildman–Crippen LogP) is 5.42. The fourth-order valence-corrected chi connectivity index (χ4v) is 2.92. The summed E-state index contributed by atoms with van der Waals surface area (Å²) < 4.78 is 11.7. The molecule has 4 rings (SSSR count). The number of hydrogen-bond donors (Lipinski definition) is 1. The monoisotopic (exact) mass is 374 g/mol. The lowest BCUT2D eigenvalue weighted by Gasteiger charge is -2.10. The maximum atomic E-state index is 10.9. The lowest BCUT2D eigenvalue weighted by molar-refractivity contribution is 0.0697. The minimum atomic E-state index is -0.927. The molecule has 4 nitrogen and oxygen atoms in total. The number of hydrogen-bond acceptors (Lipinski definition) is 3. The van der Waals surface area contributed by atoms with E-state index in [1.807, 2.05) is 30.3 Å². The summed E-state index contributed by atoms with van der Waals surface area (Å²) in [6.45, 7) is 1.20. The van der Waals surface area contributed by atoms with Crippen molar-refractivity contribution in [3.8, 4) is 22.6 Å². The number of aromatic carboxylic acids is 1. The molecule has 1 N–H and O–H groups in total. The first-order chi connectivity index (χ1) is 13.7. The molecular formula is C24H22O4. The van der Waals surface area contributed by atoms with E-state index in [0.29, 0.717) is 6.61 Å². The van der Waals surface area contributed by atoms with Gasteiger partial charge in [-0.15, -0.1) is 0 Å². The molecule has 0 radical (unpaired) electrons. The van der Waals surface area contributed by atoms with Crippen LogP contribution in [0.15, 0.2) is 72.8 Å². The lowest BCUT2D eigenvalue weighted by atomic mass is 10.1. The Hall–Kier alpha value is -3.27. The van der Waals surface area contributed by atoms with E-state index >= 15 is 0 Å². The van der Waals surface area contributed by atoms with Crippen LogP contribution in [-0.4, -0.2) is 17.7 Å². The van der Waals surface area contributed by atoms with Gasteiger partial charge in [0.2, 0.25) is 0 Å². The number of carboxylic acid groups (broad SMARTS) is 1. The molecule has 0 aliphatic heterocycles. The molecule has 0 saturated heterocycles. The molecule has 0 atom stereocenters. The summed E-state index contributed by atoms with van der Waals surface area (Å²) in [5.74, 6) is 1.50. The van der Waals surface area contributed by atoms with Crippen molar-refractivity contribution in [3.05, 3.63) is 83.9 Å². The van der Waals surface area contributed by atoms with E-state index in [1.54, 1.807) is 24.3 Å². The second kappa shape index (κ2) is 8.17. The molecule has 0 bridgehead atoms. The summed E-state index contributed by atoms with van der Waals surface area (Å²) in [7, 11) is 0. The Morgan fingerprint density at radius 1 is 0.857 bits per heavy atom. The van der Waals surface area contributed by atoms with Gasteiger partial charge in [-0.2, -0.15) is 0 Å². The fraction of sp³-hybridized carbons (Fsp3) is 0.208. The minimum Gasteiger partial charge on any atom is -0.493 e. The average Bonchev–Trinajstić information content (AvgIpc) is 3.56. The molecule has 3 aromatic carbocycles. The zero-order valence-electron chi connectivity index (χ0n) is 15.5. The fourth-order valence-electron chi connectivity index (χ4n) is 2.92. The smallest absolute Gasteiger partial charge is 0.335 e. The summed E-state index contributed by atoms with van der Waals surface area (Å²) in [6.07, 6.45) is 2.57. The summed E-state index contributed by atoms with van der Waals surface area (Å²) in [6, 6.07) is 22.8. The van der Waals surface area contributed by atoms with Gasteiger partial charge in [-0.25, -0.2) is 4.79 Å². The maximum absolute atomic E-state index is 10.9. The third-order valence-electron chi connectivity index (χ3n) is 4.81. The van der Waals surface area contributed by atoms with E-state index in [2.05, 4.69) is 18.2 Å². The molecule has 4 heteroatoms. The van der Waals surface area contributed by atoms with Crippen LogP contribution in [0.5, 0.6) is 11.5 Å². The van der Waals surface area contributed by atoms with Gasteiger partial charge in [0, 0.05) is 0 Å². The Bertz CT molecular complexity index is 941. The SMILES string of the molecule is O=C(O)c1ccc(COc2cccc(-c3ccc(OCC4CC4)cc3)c2)cc1. The highest BCUT2D eigenvalue weighted by molar-refractivity contribution is 5.87. The molecule has 0 spiro atoms. The Labute approximate surface area is 164 Å². The lowest BCUT2D eigenvalue weighted by Crippen LogP contribution is -1.99. The van der Waals surface area contributed by atoms with Gasteiger partial charge < -0.3 is 14.6 Å². The number of ether oxygens (including phenoxy) is 2. The van der Waals surface area contributed by atoms with Crippen molar-refractivity contribution in [2.75, 3.05) is 6.61 Å². The number of carboxylic acids is 1. The second-order valence-electron chi connectivity index (χ2n) is 7.10. The van der Waals surface area contributed by atoms with Gasteiger partial charge in [-0.3, -0.25) is 0 Å². The second-order valence-corrected chi connectivity index (χ2v) is 7.10. The van der Waals surface area contributed by atoms with Gasteiger partial charge in [0.1, 0.15) is 18.1 Å². The van der Waals surface area contributed by atoms with Crippen LogP contribution in [0.1, 0.15) is 28.8 Å². The van der Waals surface area contributed by atoms with Crippen molar-refractivity contribution in [2.45, 2.75) is 19.4 Å². The summed E-state index contributed by atoms with van der Waals surface area (Å²) >= 11 is 0. The zero-order valence-corrected chi connectivity index (χ0v) is 15.5. The molecule has 0 heterocycles. The minimum absolute atomic E-state index is 0.273. The van der Waals surface area contributed by atoms with Crippen LogP contribution in [-0.2, 0) is 6.61 Å². The van der Waals surface area contributed by atoms with Crippen molar-refractivity contribution in [1.29, 1.82) is 0 Å².